The van der Waals surface area contributed by atoms with E-state index in [9.17, 15) is 4.79 Å². The fourth-order valence-electron chi connectivity index (χ4n) is 3.98. The number of carboxylic acid groups (broad SMARTS) is 1. The molecule has 86 valence electrons. The molecule has 0 aliphatic heterocycles. The molecule has 0 spiro atoms. The van der Waals surface area contributed by atoms with Crippen LogP contribution in [0.25, 0.3) is 0 Å². The molecule has 4 fully saturated rings. The molecule has 4 rings (SSSR count). The molecule has 0 aromatic heterocycles. The summed E-state index contributed by atoms with van der Waals surface area (Å²) in [6, 6.07) is 0. The third-order valence-corrected chi connectivity index (χ3v) is 4.17. The predicted octanol–water partition coefficient (Wildman–Crippen LogP) is 1.86. The van der Waals surface area contributed by atoms with Gasteiger partial charge in [-0.25, -0.2) is 0 Å². The van der Waals surface area contributed by atoms with Gasteiger partial charge >= 0.3 is 5.97 Å². The van der Waals surface area contributed by atoms with Gasteiger partial charge in [0.1, 0.15) is 0 Å². The van der Waals surface area contributed by atoms with Gasteiger partial charge in [0.2, 0.25) is 0 Å². The highest BCUT2D eigenvalue weighted by atomic mass is 16.4. The first-order valence-electron chi connectivity index (χ1n) is 6.09. The average Bonchev–Trinajstić information content (AvgIpc) is 2.16. The topological polar surface area (TPSA) is 63.3 Å². The number of hydrogen-bond donors (Lipinski definition) is 2. The normalized spacial score (nSPS) is 40.9. The van der Waals surface area contributed by atoms with Gasteiger partial charge in [0.25, 0.3) is 0 Å². The van der Waals surface area contributed by atoms with Crippen LogP contribution in [0.3, 0.4) is 0 Å². The maximum Gasteiger partial charge on any atom is 0.317 e. The highest BCUT2D eigenvalue weighted by Crippen LogP contribution is 2.53. The van der Waals surface area contributed by atoms with E-state index in [1.54, 1.807) is 38.5 Å². The Hall–Kier alpha value is -0.570. The van der Waals surface area contributed by atoms with Crippen LogP contribution in [0.15, 0.2) is 0 Å². The second-order valence-corrected chi connectivity index (χ2v) is 5.48. The van der Waals surface area contributed by atoms with Crippen LogP contribution in [0.1, 0.15) is 38.5 Å². The van der Waals surface area contributed by atoms with Crippen LogP contribution in [0, 0.1) is 23.7 Å². The Morgan fingerprint density at radius 3 is 1.27 bits per heavy atom. The Bertz CT molecular complexity index is 183. The molecule has 4 bridgehead atoms. The Labute approximate surface area is 91.0 Å². The van der Waals surface area contributed by atoms with E-state index in [-0.39, 0.29) is 6.54 Å². The van der Waals surface area contributed by atoms with Crippen molar-refractivity contribution < 1.29 is 9.90 Å². The molecule has 0 aromatic rings. The first-order valence-corrected chi connectivity index (χ1v) is 6.09. The van der Waals surface area contributed by atoms with E-state index in [2.05, 4.69) is 5.73 Å². The van der Waals surface area contributed by atoms with Crippen molar-refractivity contribution in [1.82, 2.24) is 0 Å². The van der Waals surface area contributed by atoms with E-state index in [1.165, 1.54) is 23.7 Å². The summed E-state index contributed by atoms with van der Waals surface area (Å²) in [6.07, 6.45) is 9.62. The second kappa shape index (κ2) is 4.52. The fourth-order valence-corrected chi connectivity index (χ4v) is 3.98. The molecule has 0 atom stereocenters. The first-order chi connectivity index (χ1) is 7.17. The van der Waals surface area contributed by atoms with Crippen LogP contribution < -0.4 is 5.73 Å². The van der Waals surface area contributed by atoms with Crippen molar-refractivity contribution in [3.05, 3.63) is 0 Å². The van der Waals surface area contributed by atoms with E-state index >= 15 is 0 Å². The molecule has 0 unspecified atom stereocenters. The smallest absolute Gasteiger partial charge is 0.317 e. The molecule has 15 heavy (non-hydrogen) atoms. The van der Waals surface area contributed by atoms with E-state index in [0.717, 1.165) is 0 Å². The average molecular weight is 211 g/mol. The van der Waals surface area contributed by atoms with Crippen LogP contribution in [-0.4, -0.2) is 17.6 Å². The second-order valence-electron chi connectivity index (χ2n) is 5.48. The molecule has 4 aliphatic rings. The number of carbonyl (C=O) groups is 1. The SMILES string of the molecule is C1C2CC3CC1CC(C2)C3.NCC(=O)O. The lowest BCUT2D eigenvalue weighted by molar-refractivity contribution is -0.135. The van der Waals surface area contributed by atoms with Crippen LogP contribution in [0.5, 0.6) is 0 Å². The zero-order valence-corrected chi connectivity index (χ0v) is 9.19. The van der Waals surface area contributed by atoms with Crippen molar-refractivity contribution in [3.8, 4) is 0 Å². The third-order valence-electron chi connectivity index (χ3n) is 4.17. The summed E-state index contributed by atoms with van der Waals surface area (Å²) in [5.74, 6) is 3.74. The first kappa shape index (κ1) is 10.9. The van der Waals surface area contributed by atoms with Gasteiger partial charge in [0.05, 0.1) is 6.54 Å². The van der Waals surface area contributed by atoms with Gasteiger partial charge in [-0.2, -0.15) is 0 Å². The van der Waals surface area contributed by atoms with Gasteiger partial charge in [0.15, 0.2) is 0 Å². The summed E-state index contributed by atoms with van der Waals surface area (Å²) in [5, 5.41) is 7.60. The molecular formula is C12H21NO2. The lowest BCUT2D eigenvalue weighted by Gasteiger charge is -2.49. The quantitative estimate of drug-likeness (QED) is 0.696. The van der Waals surface area contributed by atoms with Crippen molar-refractivity contribution in [2.75, 3.05) is 6.54 Å². The number of aliphatic carboxylic acids is 1. The summed E-state index contributed by atoms with van der Waals surface area (Å²) in [5.41, 5.74) is 4.57. The predicted molar refractivity (Wildman–Crippen MR) is 58.4 cm³/mol. The van der Waals surface area contributed by atoms with Crippen molar-refractivity contribution in [2.24, 2.45) is 29.4 Å². The van der Waals surface area contributed by atoms with E-state index in [0.29, 0.717) is 0 Å². The van der Waals surface area contributed by atoms with E-state index in [4.69, 9.17) is 5.11 Å². The fraction of sp³-hybridized carbons (Fsp3) is 0.917. The molecule has 0 saturated heterocycles. The minimum absolute atomic E-state index is 0.278. The van der Waals surface area contributed by atoms with Crippen LogP contribution in [0.2, 0.25) is 0 Å². The van der Waals surface area contributed by atoms with Gasteiger partial charge in [-0.1, -0.05) is 0 Å². The molecule has 0 radical (unpaired) electrons. The van der Waals surface area contributed by atoms with Crippen molar-refractivity contribution in [2.45, 2.75) is 38.5 Å². The summed E-state index contributed by atoms with van der Waals surface area (Å²) < 4.78 is 0. The van der Waals surface area contributed by atoms with Gasteiger partial charge in [0, 0.05) is 0 Å². The van der Waals surface area contributed by atoms with Gasteiger partial charge in [-0.05, 0) is 62.2 Å². The molecule has 4 saturated carbocycles. The maximum atomic E-state index is 9.24. The lowest BCUT2D eigenvalue weighted by Crippen LogP contribution is -2.38. The van der Waals surface area contributed by atoms with E-state index < -0.39 is 5.97 Å². The summed E-state index contributed by atoms with van der Waals surface area (Å²) >= 11 is 0. The van der Waals surface area contributed by atoms with Crippen LogP contribution >= 0.6 is 0 Å². The lowest BCUT2D eigenvalue weighted by atomic mass is 9.56. The van der Waals surface area contributed by atoms with Gasteiger partial charge in [-0.15, -0.1) is 0 Å². The Morgan fingerprint density at radius 1 is 0.933 bits per heavy atom. The summed E-state index contributed by atoms with van der Waals surface area (Å²) in [4.78, 5) is 9.24. The standard InChI is InChI=1S/C10H16.C2H5NO2/c1-7-2-9-4-8(1)5-10(3-7)6-9;3-1-2(4)5/h7-10H,1-6H2;1,3H2,(H,4,5). The van der Waals surface area contributed by atoms with Crippen LogP contribution in [0.4, 0.5) is 0 Å². The van der Waals surface area contributed by atoms with E-state index in [1.807, 2.05) is 0 Å². The largest absolute Gasteiger partial charge is 0.480 e. The van der Waals surface area contributed by atoms with Gasteiger partial charge in [-0.3, -0.25) is 4.79 Å². The minimum Gasteiger partial charge on any atom is -0.480 e. The number of nitrogens with two attached hydrogens (primary N) is 1. The number of rotatable bonds is 1. The zero-order valence-electron chi connectivity index (χ0n) is 9.19. The highest BCUT2D eigenvalue weighted by molar-refractivity contribution is 5.68. The van der Waals surface area contributed by atoms with Crippen molar-refractivity contribution in [1.29, 1.82) is 0 Å². The molecule has 3 heteroatoms. The summed E-state index contributed by atoms with van der Waals surface area (Å²) in [7, 11) is 0. The Balaban J connectivity index is 0.000000149. The van der Waals surface area contributed by atoms with Gasteiger partial charge < -0.3 is 10.8 Å². The Morgan fingerprint density at radius 2 is 1.13 bits per heavy atom. The number of hydrogen-bond acceptors (Lipinski definition) is 2. The third kappa shape index (κ3) is 2.71. The van der Waals surface area contributed by atoms with Crippen molar-refractivity contribution in [3.63, 3.8) is 0 Å². The molecule has 3 nitrogen and oxygen atoms in total. The zero-order chi connectivity index (χ0) is 10.8. The summed E-state index contributed by atoms with van der Waals surface area (Å²) in [6.45, 7) is -0.278. The number of carboxylic acids is 1. The molecule has 3 N–H and O–H groups in total. The monoisotopic (exact) mass is 211 g/mol. The molecular weight excluding hydrogens is 190 g/mol. The maximum absolute atomic E-state index is 9.24. The Kier molecular flexibility index (Phi) is 3.29. The molecule has 4 aliphatic carbocycles. The van der Waals surface area contributed by atoms with Crippen LogP contribution in [-0.2, 0) is 4.79 Å². The molecule has 0 amide bonds. The minimum atomic E-state index is -0.968. The molecule has 0 heterocycles. The molecule has 0 aromatic carbocycles. The highest BCUT2D eigenvalue weighted by Gasteiger charge is 2.41. The van der Waals surface area contributed by atoms with Crippen molar-refractivity contribution >= 4 is 5.97 Å².